The third-order valence-corrected chi connectivity index (χ3v) is 9.31. The molecule has 1 aromatic heterocycles. The predicted octanol–water partition coefficient (Wildman–Crippen LogP) is 2.04. The van der Waals surface area contributed by atoms with Gasteiger partial charge in [0.25, 0.3) is 10.2 Å². The van der Waals surface area contributed by atoms with E-state index in [0.717, 1.165) is 42.7 Å². The lowest BCUT2D eigenvalue weighted by Crippen LogP contribution is -2.53. The van der Waals surface area contributed by atoms with Crippen molar-refractivity contribution >= 4 is 21.5 Å². The zero-order valence-corrected chi connectivity index (χ0v) is 20.3. The van der Waals surface area contributed by atoms with Crippen LogP contribution >= 0.6 is 11.3 Å². The summed E-state index contributed by atoms with van der Waals surface area (Å²) in [6, 6.07) is 5.73. The summed E-state index contributed by atoms with van der Waals surface area (Å²) in [6.45, 7) is 4.79. The Morgan fingerprint density at radius 3 is 2.24 bits per heavy atom. The highest BCUT2D eigenvalue weighted by molar-refractivity contribution is 7.86. The largest absolute Gasteiger partial charge is 0.486 e. The molecule has 4 heterocycles. The molecule has 2 aromatic rings. The molecule has 180 valence electrons. The lowest BCUT2D eigenvalue weighted by molar-refractivity contribution is 0.147. The summed E-state index contributed by atoms with van der Waals surface area (Å²) in [5.41, 5.74) is 1.74. The Hall–Kier alpha value is -1.92. The summed E-state index contributed by atoms with van der Waals surface area (Å²) in [6.07, 6.45) is 4.06. The van der Waals surface area contributed by atoms with Crippen LogP contribution in [-0.4, -0.2) is 79.0 Å². The predicted molar refractivity (Wildman–Crippen MR) is 127 cm³/mol. The molecule has 3 aliphatic heterocycles. The second kappa shape index (κ2) is 9.75. The minimum absolute atomic E-state index is 0.0282. The zero-order chi connectivity index (χ0) is 22.8. The Kier molecular flexibility index (Phi) is 6.75. The third-order valence-electron chi connectivity index (χ3n) is 6.51. The van der Waals surface area contributed by atoms with E-state index < -0.39 is 10.2 Å². The third kappa shape index (κ3) is 4.83. The van der Waals surface area contributed by atoms with Gasteiger partial charge in [0.05, 0.1) is 12.4 Å². The Labute approximate surface area is 198 Å². The molecule has 0 saturated carbocycles. The Balaban J connectivity index is 1.26. The first kappa shape index (κ1) is 22.9. The molecule has 0 spiro atoms. The van der Waals surface area contributed by atoms with Crippen molar-refractivity contribution in [1.82, 2.24) is 18.1 Å². The molecular formula is C22H30N4O5S2. The number of ether oxygens (including phenoxy) is 2. The van der Waals surface area contributed by atoms with Crippen molar-refractivity contribution in [3.63, 3.8) is 0 Å². The second-order valence-electron chi connectivity index (χ2n) is 8.65. The lowest BCUT2D eigenvalue weighted by atomic mass is 10.1. The average molecular weight is 495 g/mol. The van der Waals surface area contributed by atoms with Gasteiger partial charge in [-0.05, 0) is 31.0 Å². The van der Waals surface area contributed by atoms with E-state index in [1.54, 1.807) is 13.2 Å². The first-order chi connectivity index (χ1) is 16.0. The molecule has 9 nitrogen and oxygen atoms in total. The Bertz CT molecular complexity index is 1130. The van der Waals surface area contributed by atoms with Gasteiger partial charge in [-0.1, -0.05) is 24.2 Å². The van der Waals surface area contributed by atoms with Crippen LogP contribution in [-0.2, 0) is 16.9 Å². The molecular weight excluding hydrogens is 464 g/mol. The van der Waals surface area contributed by atoms with E-state index in [-0.39, 0.29) is 4.87 Å². The van der Waals surface area contributed by atoms with Gasteiger partial charge in [-0.15, -0.1) is 0 Å². The number of rotatable bonds is 5. The minimum atomic E-state index is -3.41. The lowest BCUT2D eigenvalue weighted by Gasteiger charge is -2.36. The van der Waals surface area contributed by atoms with Crippen LogP contribution in [0.25, 0.3) is 11.3 Å². The van der Waals surface area contributed by atoms with Gasteiger partial charge in [0.2, 0.25) is 0 Å². The molecule has 1 aromatic carbocycles. The Morgan fingerprint density at radius 2 is 1.52 bits per heavy atom. The maximum Gasteiger partial charge on any atom is 0.308 e. The fourth-order valence-electron chi connectivity index (χ4n) is 4.63. The molecule has 33 heavy (non-hydrogen) atoms. The zero-order valence-electron chi connectivity index (χ0n) is 18.6. The summed E-state index contributed by atoms with van der Waals surface area (Å²) in [7, 11) is -3.41. The van der Waals surface area contributed by atoms with Crippen molar-refractivity contribution in [2.24, 2.45) is 0 Å². The smallest absolute Gasteiger partial charge is 0.308 e. The van der Waals surface area contributed by atoms with Crippen molar-refractivity contribution in [1.29, 1.82) is 0 Å². The number of hydrogen-bond donors (Lipinski definition) is 0. The molecule has 0 bridgehead atoms. The van der Waals surface area contributed by atoms with E-state index in [2.05, 4.69) is 4.90 Å². The number of thiazole rings is 1. The molecule has 0 aliphatic carbocycles. The van der Waals surface area contributed by atoms with Gasteiger partial charge in [-0.2, -0.15) is 17.0 Å². The molecule has 2 fully saturated rings. The van der Waals surface area contributed by atoms with Crippen LogP contribution < -0.4 is 14.3 Å². The van der Waals surface area contributed by atoms with Gasteiger partial charge < -0.3 is 9.47 Å². The molecule has 0 N–H and O–H groups in total. The number of hydrogen-bond acceptors (Lipinski definition) is 7. The van der Waals surface area contributed by atoms with Gasteiger partial charge in [-0.25, -0.2) is 0 Å². The van der Waals surface area contributed by atoms with Gasteiger partial charge in [0.1, 0.15) is 13.2 Å². The quantitative estimate of drug-likeness (QED) is 0.633. The SMILES string of the molecule is O=c1scc(-c2ccc3c(c2)OCCO3)n1CN1CCN(S(=O)(=O)N2CCCCCC2)CC1. The summed E-state index contributed by atoms with van der Waals surface area (Å²) in [5, 5.41) is 1.87. The normalized spacial score (nSPS) is 21.1. The van der Waals surface area contributed by atoms with Gasteiger partial charge in [0, 0.05) is 50.2 Å². The first-order valence-corrected chi connectivity index (χ1v) is 13.9. The topological polar surface area (TPSA) is 84.3 Å². The Morgan fingerprint density at radius 1 is 0.848 bits per heavy atom. The highest BCUT2D eigenvalue weighted by atomic mass is 32.2. The molecule has 5 rings (SSSR count). The van der Waals surface area contributed by atoms with Crippen LogP contribution in [0.2, 0.25) is 0 Å². The van der Waals surface area contributed by atoms with Gasteiger partial charge in [0.15, 0.2) is 11.5 Å². The number of benzene rings is 1. The number of fused-ring (bicyclic) bond motifs is 1. The maximum atomic E-state index is 13.1. The molecule has 0 atom stereocenters. The van der Waals surface area contributed by atoms with Crippen molar-refractivity contribution in [3.05, 3.63) is 33.2 Å². The minimum Gasteiger partial charge on any atom is -0.486 e. The van der Waals surface area contributed by atoms with E-state index in [4.69, 9.17) is 9.47 Å². The molecule has 11 heteroatoms. The van der Waals surface area contributed by atoms with Crippen molar-refractivity contribution in [3.8, 4) is 22.8 Å². The molecule has 3 aliphatic rings. The fourth-order valence-corrected chi connectivity index (χ4v) is 7.06. The van der Waals surface area contributed by atoms with E-state index in [1.807, 2.05) is 23.6 Å². The fraction of sp³-hybridized carbons (Fsp3) is 0.591. The number of nitrogens with zero attached hydrogens (tertiary/aromatic N) is 4. The van der Waals surface area contributed by atoms with Crippen molar-refractivity contribution in [2.75, 3.05) is 52.5 Å². The number of piperazine rings is 1. The molecule has 0 unspecified atom stereocenters. The van der Waals surface area contributed by atoms with E-state index >= 15 is 0 Å². The molecule has 2 saturated heterocycles. The average Bonchev–Trinajstić information content (AvgIpc) is 3.03. The highest BCUT2D eigenvalue weighted by Crippen LogP contribution is 2.34. The maximum absolute atomic E-state index is 13.1. The van der Waals surface area contributed by atoms with Crippen molar-refractivity contribution < 1.29 is 17.9 Å². The van der Waals surface area contributed by atoms with Gasteiger partial charge >= 0.3 is 4.87 Å². The highest BCUT2D eigenvalue weighted by Gasteiger charge is 2.32. The summed E-state index contributed by atoms with van der Waals surface area (Å²) in [4.78, 5) is 14.7. The molecule has 0 radical (unpaired) electrons. The van der Waals surface area contributed by atoms with Crippen LogP contribution in [0, 0.1) is 0 Å². The summed E-state index contributed by atoms with van der Waals surface area (Å²) < 4.78 is 42.5. The van der Waals surface area contributed by atoms with E-state index in [9.17, 15) is 13.2 Å². The van der Waals surface area contributed by atoms with Crippen LogP contribution in [0.5, 0.6) is 11.5 Å². The first-order valence-electron chi connectivity index (χ1n) is 11.6. The summed E-state index contributed by atoms with van der Waals surface area (Å²) >= 11 is 1.17. The van der Waals surface area contributed by atoms with Crippen LogP contribution in [0.1, 0.15) is 25.7 Å². The van der Waals surface area contributed by atoms with Crippen molar-refractivity contribution in [2.45, 2.75) is 32.4 Å². The van der Waals surface area contributed by atoms with E-state index in [0.29, 0.717) is 64.9 Å². The number of aromatic nitrogens is 1. The summed E-state index contributed by atoms with van der Waals surface area (Å²) in [5.74, 6) is 1.41. The van der Waals surface area contributed by atoms with Crippen LogP contribution in [0.4, 0.5) is 0 Å². The second-order valence-corrected chi connectivity index (χ2v) is 11.4. The standard InChI is InChI=1S/C22H30N4O5S2/c27-22-26(19(16-32-22)18-5-6-20-21(15-18)31-14-13-30-20)17-23-9-11-25(12-10-23)33(28,29)24-7-3-1-2-4-8-24/h5-6,15-16H,1-4,7-14,17H2. The van der Waals surface area contributed by atoms with Crippen LogP contribution in [0.15, 0.2) is 28.4 Å². The van der Waals surface area contributed by atoms with Crippen LogP contribution in [0.3, 0.4) is 0 Å². The van der Waals surface area contributed by atoms with E-state index in [1.165, 1.54) is 11.3 Å². The van der Waals surface area contributed by atoms with Gasteiger partial charge in [-0.3, -0.25) is 14.3 Å². The molecule has 0 amide bonds. The monoisotopic (exact) mass is 494 g/mol.